The smallest absolute Gasteiger partial charge is 0.337 e. The molecule has 26 heavy (non-hydrogen) atoms. The van der Waals surface area contributed by atoms with Crippen molar-refractivity contribution in [2.24, 2.45) is 0 Å². The fourth-order valence-electron chi connectivity index (χ4n) is 2.47. The first-order chi connectivity index (χ1) is 12.4. The molecular formula is C17H13ClN4O4. The molecule has 132 valence electrons. The number of nitro groups is 1. The summed E-state index contributed by atoms with van der Waals surface area (Å²) >= 11 is 5.86. The number of hydrogen-bond acceptors (Lipinski definition) is 5. The van der Waals surface area contributed by atoms with Crippen LogP contribution in [0.25, 0.3) is 5.69 Å². The highest BCUT2D eigenvalue weighted by molar-refractivity contribution is 6.32. The molecule has 9 heteroatoms. The molecule has 0 saturated carbocycles. The van der Waals surface area contributed by atoms with E-state index in [4.69, 9.17) is 11.6 Å². The van der Waals surface area contributed by atoms with E-state index >= 15 is 0 Å². The third-order valence-corrected chi connectivity index (χ3v) is 3.94. The highest BCUT2D eigenvalue weighted by atomic mass is 35.5. The van der Waals surface area contributed by atoms with Gasteiger partial charge in [0.25, 0.3) is 5.69 Å². The minimum Gasteiger partial charge on any atom is -0.478 e. The molecule has 1 aromatic heterocycles. The van der Waals surface area contributed by atoms with E-state index in [-0.39, 0.29) is 16.3 Å². The molecule has 0 atom stereocenters. The third-order valence-electron chi connectivity index (χ3n) is 3.62. The lowest BCUT2D eigenvalue weighted by molar-refractivity contribution is -0.384. The molecule has 0 aliphatic carbocycles. The number of anilines is 2. The molecule has 0 bridgehead atoms. The summed E-state index contributed by atoms with van der Waals surface area (Å²) in [5.74, 6) is -0.606. The van der Waals surface area contributed by atoms with Crippen LogP contribution in [0.5, 0.6) is 0 Å². The molecule has 2 N–H and O–H groups in total. The molecule has 1 heterocycles. The fraction of sp³-hybridized carbons (Fsp3) is 0.0588. The molecule has 0 unspecified atom stereocenters. The second kappa shape index (κ2) is 6.85. The monoisotopic (exact) mass is 372 g/mol. The topological polar surface area (TPSA) is 110 Å². The highest BCUT2D eigenvalue weighted by Gasteiger charge is 2.17. The standard InChI is InChI=1S/C17H13ClN4O4/c1-10-8-16(19-14-5-3-2-4-12(14)17(23)24)21(20-10)11-6-7-13(18)15(9-11)22(25)26/h2-9,19H,1H3,(H,23,24). The maximum Gasteiger partial charge on any atom is 0.337 e. The summed E-state index contributed by atoms with van der Waals surface area (Å²) < 4.78 is 1.46. The predicted octanol–water partition coefficient (Wildman–Crippen LogP) is 4.18. The molecular weight excluding hydrogens is 360 g/mol. The second-order valence-corrected chi connectivity index (χ2v) is 5.86. The van der Waals surface area contributed by atoms with Crippen molar-refractivity contribution in [3.63, 3.8) is 0 Å². The Morgan fingerprint density at radius 3 is 2.69 bits per heavy atom. The average molecular weight is 373 g/mol. The lowest BCUT2D eigenvalue weighted by Crippen LogP contribution is -2.07. The van der Waals surface area contributed by atoms with Crippen LogP contribution < -0.4 is 5.32 Å². The number of carboxylic acid groups (broad SMARTS) is 1. The van der Waals surface area contributed by atoms with E-state index in [1.54, 1.807) is 37.3 Å². The van der Waals surface area contributed by atoms with Crippen LogP contribution in [-0.2, 0) is 0 Å². The molecule has 0 saturated heterocycles. The minimum atomic E-state index is -1.07. The molecule has 0 fully saturated rings. The van der Waals surface area contributed by atoms with Gasteiger partial charge in [0, 0.05) is 12.1 Å². The number of aromatic carboxylic acids is 1. The number of aromatic nitrogens is 2. The van der Waals surface area contributed by atoms with Gasteiger partial charge in [-0.2, -0.15) is 5.10 Å². The Bertz CT molecular complexity index is 1020. The van der Waals surface area contributed by atoms with Gasteiger partial charge in [-0.15, -0.1) is 0 Å². The molecule has 3 aromatic rings. The van der Waals surface area contributed by atoms with Crippen LogP contribution in [0.2, 0.25) is 5.02 Å². The largest absolute Gasteiger partial charge is 0.478 e. The van der Waals surface area contributed by atoms with Crippen LogP contribution in [0, 0.1) is 17.0 Å². The van der Waals surface area contributed by atoms with Crippen LogP contribution >= 0.6 is 11.6 Å². The summed E-state index contributed by atoms with van der Waals surface area (Å²) in [7, 11) is 0. The zero-order chi connectivity index (χ0) is 18.8. The van der Waals surface area contributed by atoms with Gasteiger partial charge < -0.3 is 10.4 Å². The van der Waals surface area contributed by atoms with Gasteiger partial charge >= 0.3 is 5.97 Å². The Morgan fingerprint density at radius 2 is 2.00 bits per heavy atom. The number of benzene rings is 2. The van der Waals surface area contributed by atoms with Gasteiger partial charge in [-0.1, -0.05) is 23.7 Å². The fourth-order valence-corrected chi connectivity index (χ4v) is 2.66. The Morgan fingerprint density at radius 1 is 1.27 bits per heavy atom. The van der Waals surface area contributed by atoms with E-state index in [0.29, 0.717) is 22.9 Å². The van der Waals surface area contributed by atoms with Gasteiger partial charge in [-0.05, 0) is 31.2 Å². The number of nitro benzene ring substituents is 1. The normalized spacial score (nSPS) is 10.5. The summed E-state index contributed by atoms with van der Waals surface area (Å²) in [6.45, 7) is 1.76. The summed E-state index contributed by atoms with van der Waals surface area (Å²) in [5, 5.41) is 27.8. The second-order valence-electron chi connectivity index (χ2n) is 5.45. The van der Waals surface area contributed by atoms with Crippen LogP contribution in [0.3, 0.4) is 0 Å². The van der Waals surface area contributed by atoms with Crippen LogP contribution in [0.15, 0.2) is 48.5 Å². The Kier molecular flexibility index (Phi) is 4.59. The van der Waals surface area contributed by atoms with Crippen molar-refractivity contribution in [3.05, 3.63) is 74.9 Å². The van der Waals surface area contributed by atoms with Crippen molar-refractivity contribution >= 4 is 34.8 Å². The average Bonchev–Trinajstić information content (AvgIpc) is 2.95. The van der Waals surface area contributed by atoms with E-state index in [9.17, 15) is 20.0 Å². The number of carbonyl (C=O) groups is 1. The number of rotatable bonds is 5. The maximum atomic E-state index is 11.4. The summed E-state index contributed by atoms with van der Waals surface area (Å²) in [6.07, 6.45) is 0. The number of halogens is 1. The highest BCUT2D eigenvalue weighted by Crippen LogP contribution is 2.29. The number of nitrogens with zero attached hydrogens (tertiary/aromatic N) is 3. The summed E-state index contributed by atoms with van der Waals surface area (Å²) in [6, 6.07) is 12.5. The molecule has 8 nitrogen and oxygen atoms in total. The first kappa shape index (κ1) is 17.4. The van der Waals surface area contributed by atoms with Gasteiger partial charge in [0.15, 0.2) is 0 Å². The number of hydrogen-bond donors (Lipinski definition) is 2. The van der Waals surface area contributed by atoms with E-state index in [1.807, 2.05) is 0 Å². The Hall–Kier alpha value is -3.39. The SMILES string of the molecule is Cc1cc(Nc2ccccc2C(=O)O)n(-c2ccc(Cl)c([N+](=O)[O-])c2)n1. The number of aryl methyl sites for hydroxylation is 1. The van der Waals surface area contributed by atoms with E-state index in [1.165, 1.54) is 22.9 Å². The quantitative estimate of drug-likeness (QED) is 0.513. The van der Waals surface area contributed by atoms with E-state index in [2.05, 4.69) is 10.4 Å². The van der Waals surface area contributed by atoms with Gasteiger partial charge in [0.1, 0.15) is 10.8 Å². The zero-order valence-corrected chi connectivity index (χ0v) is 14.3. The molecule has 0 spiro atoms. The van der Waals surface area contributed by atoms with Crippen molar-refractivity contribution in [2.45, 2.75) is 6.92 Å². The maximum absolute atomic E-state index is 11.4. The van der Waals surface area contributed by atoms with Gasteiger partial charge in [0.2, 0.25) is 0 Å². The molecule has 0 aliphatic rings. The first-order valence-corrected chi connectivity index (χ1v) is 7.85. The molecule has 0 aliphatic heterocycles. The van der Waals surface area contributed by atoms with Crippen molar-refractivity contribution in [3.8, 4) is 5.69 Å². The molecule has 3 rings (SSSR count). The number of para-hydroxylation sites is 1. The van der Waals surface area contributed by atoms with Gasteiger partial charge in [-0.3, -0.25) is 10.1 Å². The van der Waals surface area contributed by atoms with Gasteiger partial charge in [-0.25, -0.2) is 9.48 Å². The third kappa shape index (κ3) is 3.35. The first-order valence-electron chi connectivity index (χ1n) is 7.47. The van der Waals surface area contributed by atoms with Crippen molar-refractivity contribution in [1.82, 2.24) is 9.78 Å². The lowest BCUT2D eigenvalue weighted by Gasteiger charge is -2.12. The van der Waals surface area contributed by atoms with Crippen molar-refractivity contribution < 1.29 is 14.8 Å². The van der Waals surface area contributed by atoms with Crippen LogP contribution in [0.4, 0.5) is 17.2 Å². The molecule has 0 radical (unpaired) electrons. The Balaban J connectivity index is 2.07. The number of nitrogens with one attached hydrogen (secondary N) is 1. The van der Waals surface area contributed by atoms with Crippen molar-refractivity contribution in [2.75, 3.05) is 5.32 Å². The number of carboxylic acids is 1. The molecule has 0 amide bonds. The molecule has 2 aromatic carbocycles. The summed E-state index contributed by atoms with van der Waals surface area (Å²) in [5.41, 5.74) is 1.31. The summed E-state index contributed by atoms with van der Waals surface area (Å²) in [4.78, 5) is 21.9. The zero-order valence-electron chi connectivity index (χ0n) is 13.5. The van der Waals surface area contributed by atoms with E-state index in [0.717, 1.165) is 0 Å². The predicted molar refractivity (Wildman–Crippen MR) is 96.6 cm³/mol. The van der Waals surface area contributed by atoms with Crippen LogP contribution in [-0.4, -0.2) is 25.8 Å². The van der Waals surface area contributed by atoms with Crippen molar-refractivity contribution in [1.29, 1.82) is 0 Å². The van der Waals surface area contributed by atoms with Crippen LogP contribution in [0.1, 0.15) is 16.1 Å². The van der Waals surface area contributed by atoms with E-state index < -0.39 is 10.9 Å². The van der Waals surface area contributed by atoms with Gasteiger partial charge in [0.05, 0.1) is 27.6 Å². The lowest BCUT2D eigenvalue weighted by atomic mass is 10.2. The Labute approximate surface area is 152 Å². The minimum absolute atomic E-state index is 0.0216.